The van der Waals surface area contributed by atoms with Crippen molar-refractivity contribution in [2.75, 3.05) is 26.0 Å². The number of nitrogens with one attached hydrogen (secondary N) is 3. The van der Waals surface area contributed by atoms with Gasteiger partial charge in [0.15, 0.2) is 0 Å². The Kier molecular flexibility index (Phi) is 4.93. The molecule has 1 aromatic rings. The van der Waals surface area contributed by atoms with E-state index in [2.05, 4.69) is 20.9 Å². The van der Waals surface area contributed by atoms with Crippen LogP contribution in [0, 0.1) is 0 Å². The minimum Gasteiger partial charge on any atom is -0.373 e. The van der Waals surface area contributed by atoms with Crippen LogP contribution in [0.4, 0.5) is 5.82 Å². The van der Waals surface area contributed by atoms with Crippen LogP contribution in [-0.4, -0.2) is 37.4 Å². The Morgan fingerprint density at radius 2 is 2.06 bits per heavy atom. The minimum atomic E-state index is -0.286. The van der Waals surface area contributed by atoms with E-state index in [0.29, 0.717) is 18.1 Å². The van der Waals surface area contributed by atoms with Gasteiger partial charge in [-0.15, -0.1) is 0 Å². The summed E-state index contributed by atoms with van der Waals surface area (Å²) in [6, 6.07) is 5.13. The largest absolute Gasteiger partial charge is 0.373 e. The van der Waals surface area contributed by atoms with Crippen molar-refractivity contribution in [3.63, 3.8) is 0 Å². The van der Waals surface area contributed by atoms with Gasteiger partial charge in [0.25, 0.3) is 5.91 Å². The third kappa shape index (κ3) is 4.10. The number of amides is 2. The molecule has 1 aromatic heterocycles. The van der Waals surface area contributed by atoms with E-state index in [1.54, 1.807) is 32.3 Å². The highest BCUT2D eigenvalue weighted by atomic mass is 16.2. The number of hydrogen-bond acceptors (Lipinski definition) is 4. The van der Waals surface area contributed by atoms with Gasteiger partial charge in [0.05, 0.1) is 0 Å². The molecular formula is C11H16N4O2. The number of carbonyl (C=O) groups excluding carboxylic acids is 2. The maximum Gasteiger partial charge on any atom is 0.269 e. The second-order valence-corrected chi connectivity index (χ2v) is 3.34. The highest BCUT2D eigenvalue weighted by Gasteiger charge is 2.07. The molecule has 0 aliphatic carbocycles. The SMILES string of the molecule is CNC(=O)CCNC(=O)c1cccc(NC)n1. The van der Waals surface area contributed by atoms with Crippen LogP contribution in [0.5, 0.6) is 0 Å². The normalized spacial score (nSPS) is 9.53. The first kappa shape index (κ1) is 13.0. The minimum absolute atomic E-state index is 0.109. The van der Waals surface area contributed by atoms with Gasteiger partial charge in [-0.2, -0.15) is 0 Å². The number of aromatic nitrogens is 1. The van der Waals surface area contributed by atoms with Crippen molar-refractivity contribution in [2.45, 2.75) is 6.42 Å². The smallest absolute Gasteiger partial charge is 0.269 e. The number of pyridine rings is 1. The summed E-state index contributed by atoms with van der Waals surface area (Å²) in [5, 5.41) is 7.96. The molecule has 6 nitrogen and oxygen atoms in total. The van der Waals surface area contributed by atoms with E-state index >= 15 is 0 Å². The molecule has 0 aromatic carbocycles. The lowest BCUT2D eigenvalue weighted by atomic mass is 10.3. The fourth-order valence-electron chi connectivity index (χ4n) is 1.21. The molecule has 1 heterocycles. The van der Waals surface area contributed by atoms with Gasteiger partial charge in [-0.3, -0.25) is 9.59 Å². The summed E-state index contributed by atoms with van der Waals surface area (Å²) in [6.07, 6.45) is 0.258. The molecule has 0 aliphatic heterocycles. The fraction of sp³-hybridized carbons (Fsp3) is 0.364. The van der Waals surface area contributed by atoms with E-state index < -0.39 is 0 Å². The van der Waals surface area contributed by atoms with Gasteiger partial charge in [0.1, 0.15) is 11.5 Å². The predicted octanol–water partition coefficient (Wildman–Crippen LogP) is -0.0108. The van der Waals surface area contributed by atoms with E-state index in [-0.39, 0.29) is 18.2 Å². The fourth-order valence-corrected chi connectivity index (χ4v) is 1.21. The van der Waals surface area contributed by atoms with Crippen LogP contribution < -0.4 is 16.0 Å². The highest BCUT2D eigenvalue weighted by molar-refractivity contribution is 5.92. The van der Waals surface area contributed by atoms with Crippen LogP contribution in [0.3, 0.4) is 0 Å². The summed E-state index contributed by atoms with van der Waals surface area (Å²) >= 11 is 0. The standard InChI is InChI=1S/C11H16N4O2/c1-12-9-5-3-4-8(15-9)11(17)14-7-6-10(16)13-2/h3-5H,6-7H2,1-2H3,(H,12,15)(H,13,16)(H,14,17). The summed E-state index contributed by atoms with van der Waals surface area (Å²) < 4.78 is 0. The Morgan fingerprint density at radius 3 is 2.71 bits per heavy atom. The molecule has 92 valence electrons. The lowest BCUT2D eigenvalue weighted by Crippen LogP contribution is -2.29. The topological polar surface area (TPSA) is 83.1 Å². The van der Waals surface area contributed by atoms with Crippen molar-refractivity contribution in [2.24, 2.45) is 0 Å². The summed E-state index contributed by atoms with van der Waals surface area (Å²) in [4.78, 5) is 26.7. The molecule has 0 fully saturated rings. The lowest BCUT2D eigenvalue weighted by molar-refractivity contribution is -0.120. The van der Waals surface area contributed by atoms with Gasteiger partial charge < -0.3 is 16.0 Å². The Morgan fingerprint density at radius 1 is 1.29 bits per heavy atom. The molecule has 0 saturated carbocycles. The maximum absolute atomic E-state index is 11.6. The second kappa shape index (κ2) is 6.47. The van der Waals surface area contributed by atoms with Crippen LogP contribution in [0.1, 0.15) is 16.9 Å². The van der Waals surface area contributed by atoms with E-state index in [1.807, 2.05) is 0 Å². The first-order valence-corrected chi connectivity index (χ1v) is 5.31. The van der Waals surface area contributed by atoms with Crippen molar-refractivity contribution in [1.82, 2.24) is 15.6 Å². The molecular weight excluding hydrogens is 220 g/mol. The Hall–Kier alpha value is -2.11. The molecule has 0 aliphatic rings. The van der Waals surface area contributed by atoms with Crippen LogP contribution in [0.15, 0.2) is 18.2 Å². The summed E-state index contributed by atoms with van der Waals surface area (Å²) in [7, 11) is 3.29. The molecule has 6 heteroatoms. The van der Waals surface area contributed by atoms with E-state index in [4.69, 9.17) is 0 Å². The summed E-state index contributed by atoms with van der Waals surface area (Å²) in [5.74, 6) is 0.234. The van der Waals surface area contributed by atoms with Crippen molar-refractivity contribution >= 4 is 17.6 Å². The average Bonchev–Trinajstić information content (AvgIpc) is 2.38. The maximum atomic E-state index is 11.6. The molecule has 2 amide bonds. The van der Waals surface area contributed by atoms with Gasteiger partial charge in [0, 0.05) is 27.1 Å². The van der Waals surface area contributed by atoms with Crippen molar-refractivity contribution in [3.8, 4) is 0 Å². The van der Waals surface area contributed by atoms with Crippen molar-refractivity contribution in [1.29, 1.82) is 0 Å². The molecule has 0 radical (unpaired) electrons. The van der Waals surface area contributed by atoms with Gasteiger partial charge in [-0.25, -0.2) is 4.98 Å². The number of hydrogen-bond donors (Lipinski definition) is 3. The first-order valence-electron chi connectivity index (χ1n) is 5.31. The molecule has 0 atom stereocenters. The zero-order chi connectivity index (χ0) is 12.7. The molecule has 0 unspecified atom stereocenters. The third-order valence-corrected chi connectivity index (χ3v) is 2.15. The highest BCUT2D eigenvalue weighted by Crippen LogP contribution is 2.03. The molecule has 0 bridgehead atoms. The number of nitrogens with zero attached hydrogens (tertiary/aromatic N) is 1. The van der Waals surface area contributed by atoms with Crippen LogP contribution in [0.25, 0.3) is 0 Å². The summed E-state index contributed by atoms with van der Waals surface area (Å²) in [5.41, 5.74) is 0.328. The number of rotatable bonds is 5. The third-order valence-electron chi connectivity index (χ3n) is 2.15. The molecule has 1 rings (SSSR count). The van der Waals surface area contributed by atoms with Crippen LogP contribution in [0.2, 0.25) is 0 Å². The number of carbonyl (C=O) groups is 2. The van der Waals surface area contributed by atoms with E-state index in [1.165, 1.54) is 0 Å². The summed E-state index contributed by atoms with van der Waals surface area (Å²) in [6.45, 7) is 0.296. The molecule has 3 N–H and O–H groups in total. The first-order chi connectivity index (χ1) is 8.17. The number of anilines is 1. The van der Waals surface area contributed by atoms with E-state index in [9.17, 15) is 9.59 Å². The zero-order valence-electron chi connectivity index (χ0n) is 9.91. The Labute approximate surface area is 99.8 Å². The zero-order valence-corrected chi connectivity index (χ0v) is 9.91. The molecule has 0 spiro atoms. The van der Waals surface area contributed by atoms with Crippen molar-refractivity contribution in [3.05, 3.63) is 23.9 Å². The van der Waals surface area contributed by atoms with Gasteiger partial charge in [0.2, 0.25) is 5.91 Å². The predicted molar refractivity (Wildman–Crippen MR) is 64.8 cm³/mol. The van der Waals surface area contributed by atoms with Gasteiger partial charge in [-0.1, -0.05) is 6.07 Å². The van der Waals surface area contributed by atoms with Crippen LogP contribution >= 0.6 is 0 Å². The van der Waals surface area contributed by atoms with Gasteiger partial charge in [-0.05, 0) is 12.1 Å². The van der Waals surface area contributed by atoms with Gasteiger partial charge >= 0.3 is 0 Å². The van der Waals surface area contributed by atoms with Crippen molar-refractivity contribution < 1.29 is 9.59 Å². The average molecular weight is 236 g/mol. The quantitative estimate of drug-likeness (QED) is 0.671. The van der Waals surface area contributed by atoms with Crippen LogP contribution in [-0.2, 0) is 4.79 Å². The Bertz CT molecular complexity index is 406. The monoisotopic (exact) mass is 236 g/mol. The second-order valence-electron chi connectivity index (χ2n) is 3.34. The molecule has 17 heavy (non-hydrogen) atoms. The Balaban J connectivity index is 2.49. The molecule has 0 saturated heterocycles. The lowest BCUT2D eigenvalue weighted by Gasteiger charge is -2.05. The van der Waals surface area contributed by atoms with E-state index in [0.717, 1.165) is 0 Å².